The molecule has 2 aromatic carbocycles. The van der Waals surface area contributed by atoms with Crippen molar-refractivity contribution in [3.63, 3.8) is 0 Å². The van der Waals surface area contributed by atoms with Crippen LogP contribution in [-0.4, -0.2) is 15.2 Å². The van der Waals surface area contributed by atoms with Gasteiger partial charge in [0.1, 0.15) is 5.75 Å². The smallest absolute Gasteiger partial charge is 0.231 e. The quantitative estimate of drug-likeness (QED) is 0.793. The molecule has 1 aromatic heterocycles. The molecular weight excluding hydrogens is 320 g/mol. The van der Waals surface area contributed by atoms with Gasteiger partial charge in [-0.2, -0.15) is 4.98 Å². The molecule has 0 radical (unpaired) electrons. The summed E-state index contributed by atoms with van der Waals surface area (Å²) in [7, 11) is 0. The predicted molar refractivity (Wildman–Crippen MR) is 78.3 cm³/mol. The van der Waals surface area contributed by atoms with Crippen LogP contribution in [0.3, 0.4) is 0 Å². The van der Waals surface area contributed by atoms with E-state index in [0.717, 1.165) is 15.6 Å². The average Bonchev–Trinajstić information content (AvgIpc) is 2.91. The Morgan fingerprint density at radius 1 is 1.00 bits per heavy atom. The van der Waals surface area contributed by atoms with E-state index in [1.54, 1.807) is 12.1 Å². The van der Waals surface area contributed by atoms with Crippen molar-refractivity contribution in [1.82, 2.24) is 10.1 Å². The highest BCUT2D eigenvalue weighted by Crippen LogP contribution is 2.20. The van der Waals surface area contributed by atoms with Gasteiger partial charge >= 0.3 is 0 Å². The molecule has 3 aromatic rings. The van der Waals surface area contributed by atoms with E-state index in [2.05, 4.69) is 26.1 Å². The first kappa shape index (κ1) is 12.9. The van der Waals surface area contributed by atoms with E-state index < -0.39 is 0 Å². The van der Waals surface area contributed by atoms with E-state index >= 15 is 0 Å². The van der Waals surface area contributed by atoms with Crippen molar-refractivity contribution in [1.29, 1.82) is 0 Å². The molecule has 20 heavy (non-hydrogen) atoms. The lowest BCUT2D eigenvalue weighted by Gasteiger charge is -1.96. The summed E-state index contributed by atoms with van der Waals surface area (Å²) in [6.07, 6.45) is 0.545. The molecule has 0 aliphatic heterocycles. The fourth-order valence-electron chi connectivity index (χ4n) is 1.83. The van der Waals surface area contributed by atoms with Crippen LogP contribution in [0, 0.1) is 0 Å². The van der Waals surface area contributed by atoms with Crippen molar-refractivity contribution in [3.8, 4) is 17.1 Å². The third-order valence-electron chi connectivity index (χ3n) is 2.86. The number of phenolic OH excluding ortho intramolecular Hbond substituents is 1. The monoisotopic (exact) mass is 330 g/mol. The number of aromatic nitrogens is 2. The molecule has 1 heterocycles. The standard InChI is InChI=1S/C15H11BrN2O2/c16-12-5-3-11(4-6-12)15-17-14(20-18-15)9-10-1-7-13(19)8-2-10/h1-8,19H,9H2. The predicted octanol–water partition coefficient (Wildman–Crippen LogP) is 3.80. The minimum absolute atomic E-state index is 0.245. The number of nitrogens with zero attached hydrogens (tertiary/aromatic N) is 2. The second-order valence-corrected chi connectivity index (χ2v) is 5.28. The van der Waals surface area contributed by atoms with Gasteiger partial charge in [0.2, 0.25) is 11.7 Å². The Bertz CT molecular complexity index is 705. The summed E-state index contributed by atoms with van der Waals surface area (Å²) in [5, 5.41) is 13.2. The van der Waals surface area contributed by atoms with E-state index in [-0.39, 0.29) is 5.75 Å². The Kier molecular flexibility index (Phi) is 3.52. The Morgan fingerprint density at radius 2 is 1.70 bits per heavy atom. The number of hydrogen-bond acceptors (Lipinski definition) is 4. The van der Waals surface area contributed by atoms with Crippen molar-refractivity contribution in [3.05, 3.63) is 64.5 Å². The van der Waals surface area contributed by atoms with Crippen molar-refractivity contribution in [2.45, 2.75) is 6.42 Å². The van der Waals surface area contributed by atoms with Gasteiger partial charge in [-0.3, -0.25) is 0 Å². The van der Waals surface area contributed by atoms with Gasteiger partial charge in [0.25, 0.3) is 0 Å². The van der Waals surface area contributed by atoms with E-state index in [9.17, 15) is 5.11 Å². The maximum Gasteiger partial charge on any atom is 0.231 e. The number of rotatable bonds is 3. The highest BCUT2D eigenvalue weighted by molar-refractivity contribution is 9.10. The average molecular weight is 331 g/mol. The molecule has 0 saturated carbocycles. The SMILES string of the molecule is Oc1ccc(Cc2nc(-c3ccc(Br)cc3)no2)cc1. The van der Waals surface area contributed by atoms with E-state index in [1.807, 2.05) is 36.4 Å². The fourth-order valence-corrected chi connectivity index (χ4v) is 2.10. The van der Waals surface area contributed by atoms with Crippen LogP contribution in [0.2, 0.25) is 0 Å². The molecule has 0 unspecified atom stereocenters. The highest BCUT2D eigenvalue weighted by Gasteiger charge is 2.09. The van der Waals surface area contributed by atoms with E-state index in [1.165, 1.54) is 0 Å². The van der Waals surface area contributed by atoms with Crippen LogP contribution in [-0.2, 0) is 6.42 Å². The van der Waals surface area contributed by atoms with Gasteiger partial charge in [-0.15, -0.1) is 0 Å². The normalized spacial score (nSPS) is 10.7. The topological polar surface area (TPSA) is 59.2 Å². The zero-order chi connectivity index (χ0) is 13.9. The first-order valence-electron chi connectivity index (χ1n) is 6.07. The zero-order valence-corrected chi connectivity index (χ0v) is 12.0. The maximum absolute atomic E-state index is 9.24. The molecule has 0 saturated heterocycles. The lowest BCUT2D eigenvalue weighted by atomic mass is 10.1. The summed E-state index contributed by atoms with van der Waals surface area (Å²) in [5.41, 5.74) is 1.92. The number of benzene rings is 2. The molecule has 0 fully saturated rings. The van der Waals surface area contributed by atoms with Crippen LogP contribution in [0.4, 0.5) is 0 Å². The van der Waals surface area contributed by atoms with Crippen molar-refractivity contribution in [2.24, 2.45) is 0 Å². The largest absolute Gasteiger partial charge is 0.508 e. The van der Waals surface area contributed by atoms with E-state index in [0.29, 0.717) is 18.1 Å². The molecule has 0 atom stereocenters. The van der Waals surface area contributed by atoms with Gasteiger partial charge < -0.3 is 9.63 Å². The molecule has 0 spiro atoms. The lowest BCUT2D eigenvalue weighted by Crippen LogP contribution is -1.88. The number of phenols is 1. The summed E-state index contributed by atoms with van der Waals surface area (Å²) in [6, 6.07) is 14.7. The summed E-state index contributed by atoms with van der Waals surface area (Å²) in [4.78, 5) is 4.37. The molecule has 1 N–H and O–H groups in total. The van der Waals surface area contributed by atoms with Crippen molar-refractivity contribution in [2.75, 3.05) is 0 Å². The minimum atomic E-state index is 0.245. The fraction of sp³-hybridized carbons (Fsp3) is 0.0667. The van der Waals surface area contributed by atoms with Gasteiger partial charge in [0, 0.05) is 10.0 Å². The molecule has 3 rings (SSSR count). The van der Waals surface area contributed by atoms with Gasteiger partial charge in [-0.1, -0.05) is 33.2 Å². The molecular formula is C15H11BrN2O2. The third-order valence-corrected chi connectivity index (χ3v) is 3.39. The molecule has 4 nitrogen and oxygen atoms in total. The second kappa shape index (κ2) is 5.46. The number of aromatic hydroxyl groups is 1. The Labute approximate surface area is 124 Å². The third kappa shape index (κ3) is 2.88. The second-order valence-electron chi connectivity index (χ2n) is 4.36. The van der Waals surface area contributed by atoms with Gasteiger partial charge in [0.05, 0.1) is 6.42 Å². The van der Waals surface area contributed by atoms with Crippen LogP contribution in [0.25, 0.3) is 11.4 Å². The van der Waals surface area contributed by atoms with Gasteiger partial charge in [-0.05, 0) is 42.0 Å². The first-order chi connectivity index (χ1) is 9.70. The summed E-state index contributed by atoms with van der Waals surface area (Å²) >= 11 is 3.39. The van der Waals surface area contributed by atoms with Crippen molar-refractivity contribution < 1.29 is 9.63 Å². The summed E-state index contributed by atoms with van der Waals surface area (Å²) in [6.45, 7) is 0. The molecule has 0 aliphatic carbocycles. The van der Waals surface area contributed by atoms with Crippen LogP contribution >= 0.6 is 15.9 Å². The van der Waals surface area contributed by atoms with Gasteiger partial charge in [0.15, 0.2) is 0 Å². The van der Waals surface area contributed by atoms with Crippen LogP contribution in [0.15, 0.2) is 57.5 Å². The van der Waals surface area contributed by atoms with E-state index in [4.69, 9.17) is 4.52 Å². The Balaban J connectivity index is 1.80. The molecule has 0 bridgehead atoms. The maximum atomic E-state index is 9.24. The first-order valence-corrected chi connectivity index (χ1v) is 6.86. The summed E-state index contributed by atoms with van der Waals surface area (Å²) < 4.78 is 6.26. The molecule has 5 heteroatoms. The number of halogens is 1. The van der Waals surface area contributed by atoms with Gasteiger partial charge in [-0.25, -0.2) is 0 Å². The minimum Gasteiger partial charge on any atom is -0.508 e. The molecule has 100 valence electrons. The Morgan fingerprint density at radius 3 is 2.40 bits per heavy atom. The Hall–Kier alpha value is -2.14. The summed E-state index contributed by atoms with van der Waals surface area (Å²) in [5.74, 6) is 1.37. The highest BCUT2D eigenvalue weighted by atomic mass is 79.9. The van der Waals surface area contributed by atoms with Crippen LogP contribution < -0.4 is 0 Å². The van der Waals surface area contributed by atoms with Crippen LogP contribution in [0.5, 0.6) is 5.75 Å². The van der Waals surface area contributed by atoms with Crippen molar-refractivity contribution >= 4 is 15.9 Å². The lowest BCUT2D eigenvalue weighted by molar-refractivity contribution is 0.385. The zero-order valence-electron chi connectivity index (χ0n) is 10.5. The number of hydrogen-bond donors (Lipinski definition) is 1. The molecule has 0 aliphatic rings. The molecule has 0 amide bonds. The van der Waals surface area contributed by atoms with Crippen LogP contribution in [0.1, 0.15) is 11.5 Å².